The third-order valence-electron chi connectivity index (χ3n) is 4.70. The maximum Gasteiger partial charge on any atom is 0.323 e. The van der Waals surface area contributed by atoms with Gasteiger partial charge < -0.3 is 19.0 Å². The highest BCUT2D eigenvalue weighted by Gasteiger charge is 2.24. The van der Waals surface area contributed by atoms with E-state index in [1.807, 2.05) is 38.3 Å². The van der Waals surface area contributed by atoms with Crippen molar-refractivity contribution in [3.05, 3.63) is 41.0 Å². The summed E-state index contributed by atoms with van der Waals surface area (Å²) in [6.07, 6.45) is 1.58. The normalized spacial score (nSPS) is 11.9. The molecule has 0 aliphatic heterocycles. The number of aromatic nitrogens is 1. The Morgan fingerprint density at radius 3 is 2.61 bits per heavy atom. The summed E-state index contributed by atoms with van der Waals surface area (Å²) < 4.78 is 12.0. The number of nitrogens with zero attached hydrogens (tertiary/aromatic N) is 2. The molecular weight excluding hydrogens is 360 g/mol. The molecule has 2 heterocycles. The molecule has 8 heteroatoms. The number of carbonyl (C=O) groups excluding carboxylic acids is 2. The van der Waals surface area contributed by atoms with E-state index in [1.165, 1.54) is 7.11 Å². The SMILES string of the molecule is COC(=O)[C@H](NCC(=O)Nc1c(C#N)c(C)c(C)n1Cc1ccco1)C(C)C. The number of hydrogen-bond donors (Lipinski definition) is 2. The van der Waals surface area contributed by atoms with Crippen LogP contribution in [0.3, 0.4) is 0 Å². The van der Waals surface area contributed by atoms with E-state index in [2.05, 4.69) is 16.7 Å². The number of hydrogen-bond acceptors (Lipinski definition) is 6. The summed E-state index contributed by atoms with van der Waals surface area (Å²) >= 11 is 0. The van der Waals surface area contributed by atoms with Crippen LogP contribution >= 0.6 is 0 Å². The number of carbonyl (C=O) groups is 2. The molecule has 0 aliphatic rings. The van der Waals surface area contributed by atoms with Gasteiger partial charge in [0.05, 0.1) is 32.0 Å². The molecule has 28 heavy (non-hydrogen) atoms. The Morgan fingerprint density at radius 2 is 2.07 bits per heavy atom. The number of ether oxygens (including phenoxy) is 1. The first-order valence-electron chi connectivity index (χ1n) is 9.03. The highest BCUT2D eigenvalue weighted by Crippen LogP contribution is 2.27. The van der Waals surface area contributed by atoms with Gasteiger partial charge in [0, 0.05) is 5.69 Å². The number of nitriles is 1. The molecule has 2 aromatic rings. The lowest BCUT2D eigenvalue weighted by Gasteiger charge is -2.19. The number of furan rings is 1. The number of esters is 1. The van der Waals surface area contributed by atoms with Gasteiger partial charge in [-0.05, 0) is 37.5 Å². The third-order valence-corrected chi connectivity index (χ3v) is 4.70. The molecule has 0 bridgehead atoms. The molecule has 0 fully saturated rings. The topological polar surface area (TPSA) is 109 Å². The van der Waals surface area contributed by atoms with Crippen molar-refractivity contribution in [2.24, 2.45) is 5.92 Å². The Morgan fingerprint density at radius 1 is 1.36 bits per heavy atom. The molecule has 0 spiro atoms. The summed E-state index contributed by atoms with van der Waals surface area (Å²) in [5.74, 6) is 0.307. The fraction of sp³-hybridized carbons (Fsp3) is 0.450. The molecular formula is C20H26N4O4. The highest BCUT2D eigenvalue weighted by atomic mass is 16.5. The molecule has 0 aromatic carbocycles. The Hall–Kier alpha value is -3.05. The fourth-order valence-corrected chi connectivity index (χ4v) is 2.98. The molecule has 2 rings (SSSR count). The van der Waals surface area contributed by atoms with Crippen molar-refractivity contribution in [1.29, 1.82) is 5.26 Å². The Bertz CT molecular complexity index is 875. The fourth-order valence-electron chi connectivity index (χ4n) is 2.98. The van der Waals surface area contributed by atoms with Crippen LogP contribution in [0.2, 0.25) is 0 Å². The van der Waals surface area contributed by atoms with E-state index in [-0.39, 0.29) is 18.4 Å². The quantitative estimate of drug-likeness (QED) is 0.674. The first-order chi connectivity index (χ1) is 13.3. The first-order valence-corrected chi connectivity index (χ1v) is 9.03. The van der Waals surface area contributed by atoms with Crippen LogP contribution in [0, 0.1) is 31.1 Å². The van der Waals surface area contributed by atoms with E-state index in [0.717, 1.165) is 11.3 Å². The number of anilines is 1. The van der Waals surface area contributed by atoms with Gasteiger partial charge in [-0.3, -0.25) is 14.9 Å². The first kappa shape index (κ1) is 21.3. The van der Waals surface area contributed by atoms with Crippen molar-refractivity contribution < 1.29 is 18.7 Å². The zero-order valence-corrected chi connectivity index (χ0v) is 16.8. The largest absolute Gasteiger partial charge is 0.468 e. The van der Waals surface area contributed by atoms with Gasteiger partial charge in [-0.2, -0.15) is 5.26 Å². The average Bonchev–Trinajstić information content (AvgIpc) is 3.24. The third kappa shape index (κ3) is 4.61. The second kappa shape index (κ2) is 9.24. The Balaban J connectivity index is 2.20. The van der Waals surface area contributed by atoms with Gasteiger partial charge in [0.2, 0.25) is 5.91 Å². The molecule has 1 amide bonds. The minimum absolute atomic E-state index is 0.0396. The minimum atomic E-state index is -0.593. The van der Waals surface area contributed by atoms with Gasteiger partial charge in [-0.1, -0.05) is 13.8 Å². The standard InChI is InChI=1S/C20H26N4O4/c1-12(2)18(20(26)27-5)22-10-17(25)23-19-16(9-21)13(3)14(4)24(19)11-15-7-6-8-28-15/h6-8,12,18,22H,10-11H2,1-5H3,(H,23,25)/t18-/m1/s1. The number of nitrogens with one attached hydrogen (secondary N) is 2. The van der Waals surface area contributed by atoms with Crippen molar-refractivity contribution in [3.8, 4) is 6.07 Å². The van der Waals surface area contributed by atoms with E-state index in [0.29, 0.717) is 23.7 Å². The van der Waals surface area contributed by atoms with Crippen molar-refractivity contribution in [2.75, 3.05) is 19.0 Å². The lowest BCUT2D eigenvalue weighted by atomic mass is 10.0. The van der Waals surface area contributed by atoms with E-state index >= 15 is 0 Å². The van der Waals surface area contributed by atoms with Crippen LogP contribution in [0.5, 0.6) is 0 Å². The smallest absolute Gasteiger partial charge is 0.323 e. The van der Waals surface area contributed by atoms with E-state index in [4.69, 9.17) is 9.15 Å². The van der Waals surface area contributed by atoms with Crippen molar-refractivity contribution >= 4 is 17.7 Å². The zero-order valence-electron chi connectivity index (χ0n) is 16.8. The summed E-state index contributed by atoms with van der Waals surface area (Å²) in [6, 6.07) is 5.18. The van der Waals surface area contributed by atoms with Crippen LogP contribution in [0.15, 0.2) is 22.8 Å². The average molecular weight is 386 g/mol. The van der Waals surface area contributed by atoms with Crippen molar-refractivity contribution in [2.45, 2.75) is 40.3 Å². The van der Waals surface area contributed by atoms with E-state index < -0.39 is 12.0 Å². The summed E-state index contributed by atoms with van der Waals surface area (Å²) in [5, 5.41) is 15.3. The van der Waals surface area contributed by atoms with Crippen LogP contribution in [0.4, 0.5) is 5.82 Å². The van der Waals surface area contributed by atoms with Gasteiger partial charge in [0.15, 0.2) is 0 Å². The summed E-state index contributed by atoms with van der Waals surface area (Å²) in [6.45, 7) is 7.75. The lowest BCUT2D eigenvalue weighted by molar-refractivity contribution is -0.144. The molecule has 0 aliphatic carbocycles. The maximum absolute atomic E-state index is 12.5. The predicted molar refractivity (Wildman–Crippen MR) is 104 cm³/mol. The van der Waals surface area contributed by atoms with Crippen molar-refractivity contribution in [3.63, 3.8) is 0 Å². The zero-order chi connectivity index (χ0) is 20.8. The summed E-state index contributed by atoms with van der Waals surface area (Å²) in [7, 11) is 1.31. The van der Waals surface area contributed by atoms with Gasteiger partial charge in [0.1, 0.15) is 23.7 Å². The molecule has 0 saturated carbocycles. The summed E-state index contributed by atoms with van der Waals surface area (Å²) in [4.78, 5) is 24.4. The van der Waals surface area contributed by atoms with Crippen LogP contribution < -0.4 is 10.6 Å². The molecule has 0 unspecified atom stereocenters. The van der Waals surface area contributed by atoms with Crippen molar-refractivity contribution in [1.82, 2.24) is 9.88 Å². The number of amides is 1. The van der Waals surface area contributed by atoms with E-state index in [9.17, 15) is 14.9 Å². The molecule has 2 aromatic heterocycles. The Kier molecular flexibility index (Phi) is 7.01. The predicted octanol–water partition coefficient (Wildman–Crippen LogP) is 2.34. The number of rotatable bonds is 8. The van der Waals surface area contributed by atoms with Gasteiger partial charge >= 0.3 is 5.97 Å². The minimum Gasteiger partial charge on any atom is -0.468 e. The van der Waals surface area contributed by atoms with E-state index in [1.54, 1.807) is 12.3 Å². The molecule has 8 nitrogen and oxygen atoms in total. The molecule has 0 radical (unpaired) electrons. The monoisotopic (exact) mass is 386 g/mol. The molecule has 1 atom stereocenters. The van der Waals surface area contributed by atoms with Gasteiger partial charge in [0.25, 0.3) is 0 Å². The Labute approximate surface area is 164 Å². The second-order valence-electron chi connectivity index (χ2n) is 6.89. The molecule has 2 N–H and O–H groups in total. The second-order valence-corrected chi connectivity index (χ2v) is 6.89. The van der Waals surface area contributed by atoms with Gasteiger partial charge in [-0.15, -0.1) is 0 Å². The molecule has 150 valence electrons. The highest BCUT2D eigenvalue weighted by molar-refractivity contribution is 5.93. The van der Waals surface area contributed by atoms with Crippen LogP contribution in [-0.4, -0.2) is 36.1 Å². The van der Waals surface area contributed by atoms with Crippen LogP contribution in [0.25, 0.3) is 0 Å². The lowest BCUT2D eigenvalue weighted by Crippen LogP contribution is -2.45. The maximum atomic E-state index is 12.5. The van der Waals surface area contributed by atoms with Crippen LogP contribution in [0.1, 0.15) is 36.4 Å². The van der Waals surface area contributed by atoms with Gasteiger partial charge in [-0.25, -0.2) is 0 Å². The summed E-state index contributed by atoms with van der Waals surface area (Å²) in [5.41, 5.74) is 2.07. The van der Waals surface area contributed by atoms with Crippen LogP contribution in [-0.2, 0) is 20.9 Å². The number of methoxy groups -OCH3 is 1. The molecule has 0 saturated heterocycles.